The number of benzene rings is 1. The number of imidazole rings is 1. The van der Waals surface area contributed by atoms with Gasteiger partial charge in [0.15, 0.2) is 0 Å². The SMILES string of the molecule is Cn1cncc1CN1CC2(CN(Cc3ccccc3)C[C@@H]3COCCN32)C1. The first-order valence-electron chi connectivity index (χ1n) is 10.0. The number of rotatable bonds is 4. The van der Waals surface area contributed by atoms with Crippen LogP contribution in [0.1, 0.15) is 11.3 Å². The molecule has 4 heterocycles. The molecule has 1 aromatic heterocycles. The fourth-order valence-electron chi connectivity index (χ4n) is 5.21. The summed E-state index contributed by atoms with van der Waals surface area (Å²) >= 11 is 0. The summed E-state index contributed by atoms with van der Waals surface area (Å²) in [7, 11) is 2.08. The smallest absolute Gasteiger partial charge is 0.0945 e. The van der Waals surface area contributed by atoms with Crippen molar-refractivity contribution in [1.82, 2.24) is 24.3 Å². The summed E-state index contributed by atoms with van der Waals surface area (Å²) in [6, 6.07) is 11.4. The van der Waals surface area contributed by atoms with Gasteiger partial charge in [0.1, 0.15) is 0 Å². The summed E-state index contributed by atoms with van der Waals surface area (Å²) in [5.41, 5.74) is 2.98. The molecule has 144 valence electrons. The van der Waals surface area contributed by atoms with Gasteiger partial charge < -0.3 is 9.30 Å². The van der Waals surface area contributed by atoms with E-state index in [0.29, 0.717) is 6.04 Å². The highest BCUT2D eigenvalue weighted by molar-refractivity contribution is 5.17. The zero-order valence-corrected chi connectivity index (χ0v) is 16.1. The zero-order chi connectivity index (χ0) is 18.3. The van der Waals surface area contributed by atoms with Gasteiger partial charge in [0, 0.05) is 65.1 Å². The Labute approximate surface area is 161 Å². The molecule has 1 aromatic carbocycles. The fourth-order valence-corrected chi connectivity index (χ4v) is 5.21. The maximum absolute atomic E-state index is 5.83. The van der Waals surface area contributed by atoms with E-state index in [9.17, 15) is 0 Å². The molecular weight excluding hydrogens is 338 g/mol. The minimum Gasteiger partial charge on any atom is -0.378 e. The third-order valence-corrected chi connectivity index (χ3v) is 6.41. The van der Waals surface area contributed by atoms with Gasteiger partial charge in [-0.25, -0.2) is 4.98 Å². The Kier molecular flexibility index (Phi) is 4.52. The fraction of sp³-hybridized carbons (Fsp3) is 0.571. The van der Waals surface area contributed by atoms with Crippen molar-refractivity contribution in [2.24, 2.45) is 7.05 Å². The highest BCUT2D eigenvalue weighted by Gasteiger charge is 2.53. The van der Waals surface area contributed by atoms with Crippen LogP contribution in [-0.2, 0) is 24.9 Å². The van der Waals surface area contributed by atoms with Crippen molar-refractivity contribution in [2.75, 3.05) is 45.9 Å². The highest BCUT2D eigenvalue weighted by Crippen LogP contribution is 2.36. The summed E-state index contributed by atoms with van der Waals surface area (Å²) in [6.07, 6.45) is 3.89. The van der Waals surface area contributed by atoms with Crippen molar-refractivity contribution in [3.8, 4) is 0 Å². The van der Waals surface area contributed by atoms with Gasteiger partial charge in [-0.3, -0.25) is 14.7 Å². The molecule has 6 nitrogen and oxygen atoms in total. The molecule has 3 aliphatic rings. The van der Waals surface area contributed by atoms with E-state index in [0.717, 1.165) is 59.0 Å². The first-order valence-corrected chi connectivity index (χ1v) is 10.0. The second-order valence-corrected chi connectivity index (χ2v) is 8.44. The topological polar surface area (TPSA) is 36.8 Å². The Morgan fingerprint density at radius 3 is 2.70 bits per heavy atom. The van der Waals surface area contributed by atoms with Crippen LogP contribution in [0.2, 0.25) is 0 Å². The molecule has 3 fully saturated rings. The number of fused-ring (bicyclic) bond motifs is 2. The van der Waals surface area contributed by atoms with Crippen LogP contribution in [0.4, 0.5) is 0 Å². The third kappa shape index (κ3) is 3.31. The van der Waals surface area contributed by atoms with Crippen molar-refractivity contribution < 1.29 is 4.74 Å². The average Bonchev–Trinajstić information content (AvgIpc) is 3.06. The van der Waals surface area contributed by atoms with Crippen LogP contribution in [0.5, 0.6) is 0 Å². The molecule has 3 saturated heterocycles. The van der Waals surface area contributed by atoms with Gasteiger partial charge in [-0.15, -0.1) is 0 Å². The van der Waals surface area contributed by atoms with Crippen LogP contribution >= 0.6 is 0 Å². The average molecular weight is 367 g/mol. The van der Waals surface area contributed by atoms with Crippen LogP contribution in [0.25, 0.3) is 0 Å². The minimum absolute atomic E-state index is 0.278. The first kappa shape index (κ1) is 17.4. The van der Waals surface area contributed by atoms with Gasteiger partial charge in [0.25, 0.3) is 0 Å². The van der Waals surface area contributed by atoms with E-state index < -0.39 is 0 Å². The minimum atomic E-state index is 0.278. The highest BCUT2D eigenvalue weighted by atomic mass is 16.5. The van der Waals surface area contributed by atoms with Gasteiger partial charge in [0.2, 0.25) is 0 Å². The van der Waals surface area contributed by atoms with Gasteiger partial charge in [0.05, 0.1) is 30.8 Å². The Morgan fingerprint density at radius 2 is 1.93 bits per heavy atom. The number of piperazine rings is 1. The first-order chi connectivity index (χ1) is 13.2. The van der Waals surface area contributed by atoms with Crippen LogP contribution < -0.4 is 0 Å². The summed E-state index contributed by atoms with van der Waals surface area (Å²) in [5, 5.41) is 0. The van der Waals surface area contributed by atoms with Crippen molar-refractivity contribution in [1.29, 1.82) is 0 Å². The van der Waals surface area contributed by atoms with Gasteiger partial charge >= 0.3 is 0 Å². The van der Waals surface area contributed by atoms with E-state index in [1.54, 1.807) is 0 Å². The normalized spacial score (nSPS) is 26.0. The molecule has 2 aromatic rings. The lowest BCUT2D eigenvalue weighted by atomic mass is 9.82. The van der Waals surface area contributed by atoms with Gasteiger partial charge in [-0.2, -0.15) is 0 Å². The molecule has 0 N–H and O–H groups in total. The van der Waals surface area contributed by atoms with Crippen LogP contribution in [0, 0.1) is 0 Å². The molecule has 0 aliphatic carbocycles. The number of hydrogen-bond donors (Lipinski definition) is 0. The van der Waals surface area contributed by atoms with E-state index in [-0.39, 0.29) is 5.54 Å². The van der Waals surface area contributed by atoms with E-state index in [1.165, 1.54) is 11.3 Å². The molecular formula is C21H29N5O. The second kappa shape index (κ2) is 7.02. The quantitative estimate of drug-likeness (QED) is 0.812. The van der Waals surface area contributed by atoms with Gasteiger partial charge in [-0.1, -0.05) is 30.3 Å². The predicted octanol–water partition coefficient (Wildman–Crippen LogP) is 1.19. The largest absolute Gasteiger partial charge is 0.378 e. The van der Waals surface area contributed by atoms with E-state index in [4.69, 9.17) is 4.74 Å². The number of aryl methyl sites for hydroxylation is 1. The van der Waals surface area contributed by atoms with Crippen molar-refractivity contribution in [3.63, 3.8) is 0 Å². The van der Waals surface area contributed by atoms with Crippen molar-refractivity contribution in [3.05, 3.63) is 54.1 Å². The number of ether oxygens (including phenoxy) is 1. The molecule has 27 heavy (non-hydrogen) atoms. The summed E-state index contributed by atoms with van der Waals surface area (Å²) < 4.78 is 7.96. The lowest BCUT2D eigenvalue weighted by molar-refractivity contribution is -0.168. The van der Waals surface area contributed by atoms with Crippen molar-refractivity contribution >= 4 is 0 Å². The van der Waals surface area contributed by atoms with Gasteiger partial charge in [-0.05, 0) is 5.56 Å². The zero-order valence-electron chi connectivity index (χ0n) is 16.1. The Balaban J connectivity index is 1.30. The maximum Gasteiger partial charge on any atom is 0.0945 e. The van der Waals surface area contributed by atoms with Crippen molar-refractivity contribution in [2.45, 2.75) is 24.7 Å². The summed E-state index contributed by atoms with van der Waals surface area (Å²) in [4.78, 5) is 12.2. The van der Waals surface area contributed by atoms with E-state index in [2.05, 4.69) is 61.6 Å². The number of nitrogens with zero attached hydrogens (tertiary/aromatic N) is 5. The molecule has 0 bridgehead atoms. The third-order valence-electron chi connectivity index (χ3n) is 6.41. The number of hydrogen-bond acceptors (Lipinski definition) is 5. The Hall–Kier alpha value is -1.73. The lowest BCUT2D eigenvalue weighted by Crippen LogP contribution is -2.80. The number of aromatic nitrogens is 2. The van der Waals surface area contributed by atoms with Crippen LogP contribution in [0.3, 0.4) is 0 Å². The number of morpholine rings is 1. The molecule has 0 saturated carbocycles. The molecule has 0 amide bonds. The Bertz CT molecular complexity index is 770. The lowest BCUT2D eigenvalue weighted by Gasteiger charge is -2.63. The van der Waals surface area contributed by atoms with Crippen LogP contribution in [-0.4, -0.2) is 81.8 Å². The molecule has 1 spiro atoms. The predicted molar refractivity (Wildman–Crippen MR) is 104 cm³/mol. The molecule has 0 radical (unpaired) electrons. The van der Waals surface area contributed by atoms with E-state index in [1.807, 2.05) is 12.5 Å². The second-order valence-electron chi connectivity index (χ2n) is 8.44. The summed E-state index contributed by atoms with van der Waals surface area (Å²) in [6.45, 7) is 9.38. The molecule has 3 aliphatic heterocycles. The monoisotopic (exact) mass is 367 g/mol. The molecule has 0 unspecified atom stereocenters. The molecule has 1 atom stereocenters. The number of likely N-dealkylation sites (tertiary alicyclic amines) is 1. The molecule has 6 heteroatoms. The van der Waals surface area contributed by atoms with E-state index >= 15 is 0 Å². The Morgan fingerprint density at radius 1 is 1.11 bits per heavy atom. The maximum atomic E-state index is 5.83. The molecule has 5 rings (SSSR count). The van der Waals surface area contributed by atoms with Crippen LogP contribution in [0.15, 0.2) is 42.9 Å². The standard InChI is InChI=1S/C21H29N5O/c1-23-17-22-9-19(23)11-25-15-21(16-25)14-24(10-18-5-3-2-4-6-18)12-20-13-27-8-7-26(20)21/h2-6,9,17,20H,7-8,10-16H2,1H3/t20-/m1/s1. The summed E-state index contributed by atoms with van der Waals surface area (Å²) in [5.74, 6) is 0.